The van der Waals surface area contributed by atoms with E-state index in [-0.39, 0.29) is 6.10 Å². The lowest BCUT2D eigenvalue weighted by Gasteiger charge is -2.21. The second-order valence-electron chi connectivity index (χ2n) is 5.10. The highest BCUT2D eigenvalue weighted by atomic mass is 16.5. The minimum atomic E-state index is 0.209. The van der Waals surface area contributed by atoms with Gasteiger partial charge in [-0.2, -0.15) is 20.1 Å². The molecular formula is C14H20N6O. The van der Waals surface area contributed by atoms with Crippen molar-refractivity contribution in [3.05, 3.63) is 18.5 Å². The Morgan fingerprint density at radius 1 is 1.24 bits per heavy atom. The van der Waals surface area contributed by atoms with E-state index in [1.165, 1.54) is 19.3 Å². The zero-order valence-electron chi connectivity index (χ0n) is 12.2. The third-order valence-corrected chi connectivity index (χ3v) is 3.47. The maximum Gasteiger partial charge on any atom is 0.323 e. The summed E-state index contributed by atoms with van der Waals surface area (Å²) < 4.78 is 7.55. The van der Waals surface area contributed by atoms with Gasteiger partial charge in [-0.05, 0) is 38.7 Å². The molecule has 1 fully saturated rings. The van der Waals surface area contributed by atoms with E-state index in [0.717, 1.165) is 19.4 Å². The van der Waals surface area contributed by atoms with Gasteiger partial charge in [-0.3, -0.25) is 0 Å². The molecule has 0 aliphatic heterocycles. The molecule has 0 atom stereocenters. The maximum atomic E-state index is 5.94. The summed E-state index contributed by atoms with van der Waals surface area (Å²) >= 11 is 0. The molecule has 0 aromatic carbocycles. The number of hydrogen-bond donors (Lipinski definition) is 1. The average Bonchev–Trinajstić information content (AvgIpc) is 3.03. The zero-order valence-corrected chi connectivity index (χ0v) is 12.2. The predicted octanol–water partition coefficient (Wildman–Crippen LogP) is 2.20. The van der Waals surface area contributed by atoms with Crippen molar-refractivity contribution < 1.29 is 4.74 Å². The largest absolute Gasteiger partial charge is 0.460 e. The van der Waals surface area contributed by atoms with Crippen molar-refractivity contribution in [3.63, 3.8) is 0 Å². The lowest BCUT2D eigenvalue weighted by atomic mass is 9.98. The van der Waals surface area contributed by atoms with Crippen LogP contribution in [-0.4, -0.2) is 37.4 Å². The van der Waals surface area contributed by atoms with E-state index in [4.69, 9.17) is 4.74 Å². The Morgan fingerprint density at radius 2 is 2.10 bits per heavy atom. The summed E-state index contributed by atoms with van der Waals surface area (Å²) in [4.78, 5) is 13.0. The van der Waals surface area contributed by atoms with Crippen LogP contribution in [0.4, 0.5) is 5.95 Å². The lowest BCUT2D eigenvalue weighted by molar-refractivity contribution is 0.141. The number of aromatic nitrogens is 5. The van der Waals surface area contributed by atoms with Gasteiger partial charge in [0.15, 0.2) is 0 Å². The molecule has 1 aliphatic carbocycles. The van der Waals surface area contributed by atoms with Crippen molar-refractivity contribution in [3.8, 4) is 12.0 Å². The summed E-state index contributed by atoms with van der Waals surface area (Å²) in [7, 11) is 0. The van der Waals surface area contributed by atoms with Gasteiger partial charge in [-0.1, -0.05) is 6.42 Å². The molecule has 0 bridgehead atoms. The van der Waals surface area contributed by atoms with Gasteiger partial charge in [0.1, 0.15) is 6.10 Å². The molecule has 2 aromatic heterocycles. The van der Waals surface area contributed by atoms with Crippen LogP contribution >= 0.6 is 0 Å². The molecule has 2 heterocycles. The van der Waals surface area contributed by atoms with Crippen LogP contribution in [0.3, 0.4) is 0 Å². The molecule has 0 spiro atoms. The van der Waals surface area contributed by atoms with Crippen molar-refractivity contribution >= 4 is 5.95 Å². The van der Waals surface area contributed by atoms with Gasteiger partial charge in [-0.25, -0.2) is 4.68 Å². The van der Waals surface area contributed by atoms with Crippen LogP contribution in [0, 0.1) is 0 Å². The summed E-state index contributed by atoms with van der Waals surface area (Å²) in [6.45, 7) is 2.74. The van der Waals surface area contributed by atoms with Gasteiger partial charge in [0.25, 0.3) is 5.95 Å². The standard InChI is InChI=1S/C14H20N6O/c1-2-15-12-17-13(20-10-6-9-16-20)19-14(18-12)21-11-7-4-3-5-8-11/h6,9-11H,2-5,7-8H2,1H3,(H,15,17,18,19). The Morgan fingerprint density at radius 3 is 2.81 bits per heavy atom. The smallest absolute Gasteiger partial charge is 0.323 e. The summed E-state index contributed by atoms with van der Waals surface area (Å²) in [6, 6.07) is 2.21. The van der Waals surface area contributed by atoms with Crippen LogP contribution in [0.15, 0.2) is 18.5 Å². The first-order valence-corrected chi connectivity index (χ1v) is 7.52. The van der Waals surface area contributed by atoms with E-state index in [1.807, 2.05) is 13.0 Å². The van der Waals surface area contributed by atoms with Crippen LogP contribution < -0.4 is 10.1 Å². The van der Waals surface area contributed by atoms with Gasteiger partial charge in [-0.15, -0.1) is 0 Å². The third-order valence-electron chi connectivity index (χ3n) is 3.47. The molecule has 7 heteroatoms. The van der Waals surface area contributed by atoms with E-state index in [0.29, 0.717) is 17.9 Å². The second-order valence-corrected chi connectivity index (χ2v) is 5.10. The fourth-order valence-electron chi connectivity index (χ4n) is 2.46. The number of nitrogens with one attached hydrogen (secondary N) is 1. The normalized spacial score (nSPS) is 15.9. The quantitative estimate of drug-likeness (QED) is 0.908. The van der Waals surface area contributed by atoms with Crippen LogP contribution in [0.25, 0.3) is 5.95 Å². The molecule has 1 aliphatic rings. The molecule has 0 radical (unpaired) electrons. The monoisotopic (exact) mass is 288 g/mol. The molecular weight excluding hydrogens is 268 g/mol. The highest BCUT2D eigenvalue weighted by molar-refractivity contribution is 5.29. The maximum absolute atomic E-state index is 5.94. The first-order chi connectivity index (χ1) is 10.3. The number of rotatable bonds is 5. The average molecular weight is 288 g/mol. The van der Waals surface area contributed by atoms with Crippen molar-refractivity contribution in [1.29, 1.82) is 0 Å². The summed E-state index contributed by atoms with van der Waals surface area (Å²) in [5.74, 6) is 0.987. The van der Waals surface area contributed by atoms with E-state index >= 15 is 0 Å². The van der Waals surface area contributed by atoms with E-state index in [1.54, 1.807) is 17.1 Å². The van der Waals surface area contributed by atoms with Gasteiger partial charge >= 0.3 is 6.01 Å². The number of hydrogen-bond acceptors (Lipinski definition) is 6. The second kappa shape index (κ2) is 6.51. The fourth-order valence-corrected chi connectivity index (χ4v) is 2.46. The molecule has 2 aromatic rings. The van der Waals surface area contributed by atoms with Crippen molar-refractivity contribution in [1.82, 2.24) is 24.7 Å². The molecule has 0 amide bonds. The van der Waals surface area contributed by atoms with Crippen LogP contribution in [-0.2, 0) is 0 Å². The summed E-state index contributed by atoms with van der Waals surface area (Å²) in [6.07, 6.45) is 9.55. The number of anilines is 1. The minimum Gasteiger partial charge on any atom is -0.460 e. The molecule has 112 valence electrons. The Hall–Kier alpha value is -2.18. The van der Waals surface area contributed by atoms with Gasteiger partial charge in [0.05, 0.1) is 0 Å². The first-order valence-electron chi connectivity index (χ1n) is 7.52. The van der Waals surface area contributed by atoms with Crippen LogP contribution in [0.1, 0.15) is 39.0 Å². The van der Waals surface area contributed by atoms with E-state index in [2.05, 4.69) is 25.4 Å². The Balaban J connectivity index is 1.84. The van der Waals surface area contributed by atoms with Gasteiger partial charge in [0.2, 0.25) is 5.95 Å². The lowest BCUT2D eigenvalue weighted by Crippen LogP contribution is -2.22. The fraction of sp³-hybridized carbons (Fsp3) is 0.571. The Kier molecular flexibility index (Phi) is 4.28. The van der Waals surface area contributed by atoms with Crippen molar-refractivity contribution in [2.24, 2.45) is 0 Å². The molecule has 0 unspecified atom stereocenters. The highest BCUT2D eigenvalue weighted by Gasteiger charge is 2.17. The SMILES string of the molecule is CCNc1nc(OC2CCCCC2)nc(-n2cccn2)n1. The van der Waals surface area contributed by atoms with Gasteiger partial charge in [0, 0.05) is 18.9 Å². The van der Waals surface area contributed by atoms with E-state index < -0.39 is 0 Å². The Labute approximate surface area is 123 Å². The van der Waals surface area contributed by atoms with E-state index in [9.17, 15) is 0 Å². The third kappa shape index (κ3) is 3.48. The van der Waals surface area contributed by atoms with Crippen molar-refractivity contribution in [2.45, 2.75) is 45.1 Å². The topological polar surface area (TPSA) is 77.8 Å². The van der Waals surface area contributed by atoms with Crippen LogP contribution in [0.2, 0.25) is 0 Å². The number of ether oxygens (including phenoxy) is 1. The molecule has 21 heavy (non-hydrogen) atoms. The first kappa shape index (κ1) is 13.8. The molecule has 7 nitrogen and oxygen atoms in total. The minimum absolute atomic E-state index is 0.209. The zero-order chi connectivity index (χ0) is 14.5. The highest BCUT2D eigenvalue weighted by Crippen LogP contribution is 2.22. The summed E-state index contributed by atoms with van der Waals surface area (Å²) in [5.41, 5.74) is 0. The van der Waals surface area contributed by atoms with Gasteiger partial charge < -0.3 is 10.1 Å². The van der Waals surface area contributed by atoms with Crippen LogP contribution in [0.5, 0.6) is 6.01 Å². The molecule has 1 N–H and O–H groups in total. The molecule has 3 rings (SSSR count). The van der Waals surface area contributed by atoms with Crippen molar-refractivity contribution in [2.75, 3.05) is 11.9 Å². The number of nitrogens with zero attached hydrogens (tertiary/aromatic N) is 5. The predicted molar refractivity (Wildman–Crippen MR) is 78.6 cm³/mol. The Bertz CT molecular complexity index is 565. The summed E-state index contributed by atoms with van der Waals surface area (Å²) in [5, 5.41) is 7.26. The molecule has 1 saturated carbocycles. The molecule has 0 saturated heterocycles.